The number of nitrogens with one attached hydrogen (secondary N) is 1. The van der Waals surface area contributed by atoms with Gasteiger partial charge in [0.25, 0.3) is 0 Å². The van der Waals surface area contributed by atoms with E-state index < -0.39 is 0 Å². The minimum absolute atomic E-state index is 0.260. The summed E-state index contributed by atoms with van der Waals surface area (Å²) in [6.07, 6.45) is 8.04. The van der Waals surface area contributed by atoms with Gasteiger partial charge in [0.05, 0.1) is 24.0 Å². The SMILES string of the molecule is CC(Cn1ncnn1)Oc1cc(-c2cnc(Nc3cnn(C)c3)nc2)ccc1C#N. The predicted molar refractivity (Wildman–Crippen MR) is 107 cm³/mol. The van der Waals surface area contributed by atoms with Gasteiger partial charge in [0.15, 0.2) is 6.33 Å². The lowest BCUT2D eigenvalue weighted by atomic mass is 10.1. The summed E-state index contributed by atoms with van der Waals surface area (Å²) >= 11 is 0. The third-order valence-electron chi connectivity index (χ3n) is 4.19. The lowest BCUT2D eigenvalue weighted by molar-refractivity contribution is 0.185. The van der Waals surface area contributed by atoms with Gasteiger partial charge < -0.3 is 10.1 Å². The molecule has 0 aliphatic carbocycles. The molecule has 3 heterocycles. The third-order valence-corrected chi connectivity index (χ3v) is 4.19. The summed E-state index contributed by atoms with van der Waals surface area (Å²) in [5, 5.41) is 28.1. The van der Waals surface area contributed by atoms with Crippen LogP contribution in [-0.4, -0.2) is 46.1 Å². The van der Waals surface area contributed by atoms with E-state index in [4.69, 9.17) is 4.74 Å². The van der Waals surface area contributed by atoms with Crippen LogP contribution in [0, 0.1) is 11.3 Å². The fourth-order valence-electron chi connectivity index (χ4n) is 2.80. The fraction of sp³-hybridized carbons (Fsp3) is 0.211. The number of nitriles is 1. The monoisotopic (exact) mass is 402 g/mol. The Morgan fingerprint density at radius 1 is 1.17 bits per heavy atom. The van der Waals surface area contributed by atoms with Crippen LogP contribution in [0.3, 0.4) is 0 Å². The number of aromatic nitrogens is 8. The molecule has 11 heteroatoms. The maximum Gasteiger partial charge on any atom is 0.227 e. The van der Waals surface area contributed by atoms with Crippen LogP contribution in [0.25, 0.3) is 11.1 Å². The molecular weight excluding hydrogens is 384 g/mol. The Bertz CT molecular complexity index is 1160. The normalized spacial score (nSPS) is 11.6. The minimum atomic E-state index is -0.260. The highest BCUT2D eigenvalue weighted by molar-refractivity contribution is 5.66. The van der Waals surface area contributed by atoms with Crippen LogP contribution in [0.1, 0.15) is 12.5 Å². The van der Waals surface area contributed by atoms with Crippen LogP contribution < -0.4 is 10.1 Å². The number of anilines is 2. The van der Waals surface area contributed by atoms with E-state index in [-0.39, 0.29) is 6.10 Å². The highest BCUT2D eigenvalue weighted by Gasteiger charge is 2.12. The molecule has 30 heavy (non-hydrogen) atoms. The molecule has 1 aromatic carbocycles. The summed E-state index contributed by atoms with van der Waals surface area (Å²) in [4.78, 5) is 10.1. The summed E-state index contributed by atoms with van der Waals surface area (Å²) in [7, 11) is 1.84. The van der Waals surface area contributed by atoms with E-state index in [9.17, 15) is 5.26 Å². The zero-order valence-electron chi connectivity index (χ0n) is 16.3. The van der Waals surface area contributed by atoms with Gasteiger partial charge in [0.1, 0.15) is 17.9 Å². The summed E-state index contributed by atoms with van der Waals surface area (Å²) in [6.45, 7) is 2.28. The number of rotatable bonds is 7. The summed E-state index contributed by atoms with van der Waals surface area (Å²) in [6, 6.07) is 7.51. The molecule has 1 atom stereocenters. The molecule has 0 aliphatic rings. The second kappa shape index (κ2) is 8.36. The molecular formula is C19H18N10O. The summed E-state index contributed by atoms with van der Waals surface area (Å²) in [5.41, 5.74) is 2.87. The van der Waals surface area contributed by atoms with Crippen molar-refractivity contribution >= 4 is 11.6 Å². The highest BCUT2D eigenvalue weighted by Crippen LogP contribution is 2.28. The molecule has 1 N–H and O–H groups in total. The van der Waals surface area contributed by atoms with Gasteiger partial charge in [0, 0.05) is 31.2 Å². The van der Waals surface area contributed by atoms with Crippen LogP contribution in [0.4, 0.5) is 11.6 Å². The molecule has 0 saturated heterocycles. The van der Waals surface area contributed by atoms with E-state index in [0.29, 0.717) is 23.8 Å². The predicted octanol–water partition coefficient (Wildman–Crippen LogP) is 1.95. The van der Waals surface area contributed by atoms with Crippen molar-refractivity contribution in [3.05, 3.63) is 54.9 Å². The van der Waals surface area contributed by atoms with Crippen molar-refractivity contribution in [3.8, 4) is 22.9 Å². The molecule has 0 spiro atoms. The van der Waals surface area contributed by atoms with Crippen LogP contribution >= 0.6 is 0 Å². The Balaban J connectivity index is 1.51. The minimum Gasteiger partial charge on any atom is -0.487 e. The Hall–Kier alpha value is -4.33. The highest BCUT2D eigenvalue weighted by atomic mass is 16.5. The van der Waals surface area contributed by atoms with Crippen molar-refractivity contribution in [2.24, 2.45) is 7.05 Å². The van der Waals surface area contributed by atoms with Crippen molar-refractivity contribution in [2.75, 3.05) is 5.32 Å². The molecule has 0 amide bonds. The van der Waals surface area contributed by atoms with Crippen molar-refractivity contribution < 1.29 is 4.74 Å². The van der Waals surface area contributed by atoms with Crippen LogP contribution in [0.15, 0.2) is 49.3 Å². The maximum atomic E-state index is 9.42. The van der Waals surface area contributed by atoms with Gasteiger partial charge >= 0.3 is 0 Å². The van der Waals surface area contributed by atoms with E-state index >= 15 is 0 Å². The van der Waals surface area contributed by atoms with Gasteiger partial charge in [-0.2, -0.15) is 15.2 Å². The number of nitrogens with zero attached hydrogens (tertiary/aromatic N) is 9. The van der Waals surface area contributed by atoms with Crippen LogP contribution in [0.5, 0.6) is 5.75 Å². The topological polar surface area (TPSA) is 132 Å². The van der Waals surface area contributed by atoms with Gasteiger partial charge in [-0.1, -0.05) is 6.07 Å². The largest absolute Gasteiger partial charge is 0.487 e. The smallest absolute Gasteiger partial charge is 0.227 e. The second-order valence-electron chi connectivity index (χ2n) is 6.56. The van der Waals surface area contributed by atoms with Crippen LogP contribution in [0.2, 0.25) is 0 Å². The quantitative estimate of drug-likeness (QED) is 0.492. The molecule has 0 aliphatic heterocycles. The molecule has 150 valence electrons. The molecule has 3 aromatic heterocycles. The van der Waals surface area contributed by atoms with Crippen molar-refractivity contribution in [1.29, 1.82) is 5.26 Å². The standard InChI is InChI=1S/C19H18N10O/c1-13(10-29-25-12-23-27-29)30-18-5-14(3-4-15(18)6-20)16-7-21-19(22-8-16)26-17-9-24-28(2)11-17/h3-5,7-9,11-13H,10H2,1-2H3,(H,21,22,26). The van der Waals surface area contributed by atoms with E-state index in [1.165, 1.54) is 11.1 Å². The first-order valence-corrected chi connectivity index (χ1v) is 9.10. The third kappa shape index (κ3) is 4.39. The zero-order chi connectivity index (χ0) is 20.9. The van der Waals surface area contributed by atoms with E-state index in [0.717, 1.165) is 16.8 Å². The first-order chi connectivity index (χ1) is 14.6. The van der Waals surface area contributed by atoms with E-state index in [1.54, 1.807) is 35.4 Å². The summed E-state index contributed by atoms with van der Waals surface area (Å²) < 4.78 is 7.65. The van der Waals surface area contributed by atoms with Crippen molar-refractivity contribution in [2.45, 2.75) is 19.6 Å². The Morgan fingerprint density at radius 2 is 2.00 bits per heavy atom. The zero-order valence-corrected chi connectivity index (χ0v) is 16.3. The molecule has 0 bridgehead atoms. The van der Waals surface area contributed by atoms with Gasteiger partial charge in [-0.05, 0) is 29.8 Å². The van der Waals surface area contributed by atoms with Crippen molar-refractivity contribution in [1.82, 2.24) is 40.0 Å². The molecule has 0 saturated carbocycles. The lowest BCUT2D eigenvalue weighted by Gasteiger charge is -2.16. The van der Waals surface area contributed by atoms with Gasteiger partial charge in [0.2, 0.25) is 5.95 Å². The average Bonchev–Trinajstić information content (AvgIpc) is 3.40. The molecule has 4 rings (SSSR count). The fourth-order valence-corrected chi connectivity index (χ4v) is 2.80. The van der Waals surface area contributed by atoms with Gasteiger partial charge in [-0.25, -0.2) is 9.97 Å². The van der Waals surface area contributed by atoms with Gasteiger partial charge in [-0.15, -0.1) is 10.2 Å². The number of aryl methyl sites for hydroxylation is 1. The van der Waals surface area contributed by atoms with E-state index in [2.05, 4.69) is 41.9 Å². The number of ether oxygens (including phenoxy) is 1. The number of benzene rings is 1. The average molecular weight is 402 g/mol. The van der Waals surface area contributed by atoms with Crippen LogP contribution in [-0.2, 0) is 13.6 Å². The second-order valence-corrected chi connectivity index (χ2v) is 6.56. The summed E-state index contributed by atoms with van der Waals surface area (Å²) in [5.74, 6) is 0.936. The molecule has 11 nitrogen and oxygen atoms in total. The van der Waals surface area contributed by atoms with E-state index in [1.807, 2.05) is 26.2 Å². The van der Waals surface area contributed by atoms with Gasteiger partial charge in [-0.3, -0.25) is 4.68 Å². The molecule has 0 fully saturated rings. The number of tetrazole rings is 1. The first kappa shape index (κ1) is 19.0. The van der Waals surface area contributed by atoms with Crippen molar-refractivity contribution in [3.63, 3.8) is 0 Å². The molecule has 0 radical (unpaired) electrons. The maximum absolute atomic E-state index is 9.42. The Morgan fingerprint density at radius 3 is 2.67 bits per heavy atom. The lowest BCUT2D eigenvalue weighted by Crippen LogP contribution is -2.21. The molecule has 4 aromatic rings. The number of hydrogen-bond acceptors (Lipinski definition) is 9. The Labute approximate surface area is 172 Å². The molecule has 1 unspecified atom stereocenters. The number of hydrogen-bond donors (Lipinski definition) is 1. The Kier molecular flexibility index (Phi) is 5.29. The first-order valence-electron chi connectivity index (χ1n) is 9.10.